The Morgan fingerprint density at radius 1 is 0.962 bits per heavy atom. The second-order valence-corrected chi connectivity index (χ2v) is 11.9. The highest BCUT2D eigenvalue weighted by Gasteiger charge is 2.63. The molecule has 0 aliphatic heterocycles. The first-order chi connectivity index (χ1) is 12.2. The second-order valence-electron chi connectivity index (χ2n) is 11.9. The third kappa shape index (κ3) is 2.45. The predicted octanol–water partition coefficient (Wildman–Crippen LogP) is 7.60. The topological polar surface area (TPSA) is 0 Å². The molecule has 4 rings (SSSR count). The Labute approximate surface area is 163 Å². The molecular weight excluding hydrogens is 312 g/mol. The van der Waals surface area contributed by atoms with Gasteiger partial charge in [-0.15, -0.1) is 6.58 Å². The molecule has 0 heteroatoms. The number of hydrogen-bond donors (Lipinski definition) is 0. The Kier molecular flexibility index (Phi) is 4.68. The van der Waals surface area contributed by atoms with Gasteiger partial charge in [-0.25, -0.2) is 0 Å². The molecular formula is C26H44. The second kappa shape index (κ2) is 6.38. The minimum Gasteiger partial charge on any atom is -0.103 e. The van der Waals surface area contributed by atoms with Crippen LogP contribution in [-0.2, 0) is 0 Å². The van der Waals surface area contributed by atoms with Crippen LogP contribution in [0.15, 0.2) is 12.7 Å². The fraction of sp³-hybridized carbons (Fsp3) is 0.923. The van der Waals surface area contributed by atoms with E-state index in [-0.39, 0.29) is 0 Å². The summed E-state index contributed by atoms with van der Waals surface area (Å²) in [7, 11) is 0. The summed E-state index contributed by atoms with van der Waals surface area (Å²) in [5.41, 5.74) is 1.19. The summed E-state index contributed by atoms with van der Waals surface area (Å²) in [5, 5.41) is 0. The summed E-state index contributed by atoms with van der Waals surface area (Å²) in [5.74, 6) is 8.30. The van der Waals surface area contributed by atoms with Gasteiger partial charge in [0.15, 0.2) is 0 Å². The summed E-state index contributed by atoms with van der Waals surface area (Å²) in [6.07, 6.45) is 12.7. The van der Waals surface area contributed by atoms with Crippen molar-refractivity contribution < 1.29 is 0 Å². The van der Waals surface area contributed by atoms with E-state index in [2.05, 4.69) is 54.2 Å². The van der Waals surface area contributed by atoms with E-state index in [9.17, 15) is 0 Å². The number of allylic oxidation sites excluding steroid dienone is 1. The predicted molar refractivity (Wildman–Crippen MR) is 113 cm³/mol. The van der Waals surface area contributed by atoms with Crippen LogP contribution < -0.4 is 0 Å². The zero-order valence-corrected chi connectivity index (χ0v) is 18.4. The molecule has 4 saturated carbocycles. The molecule has 0 aromatic rings. The molecule has 0 nitrogen and oxygen atoms in total. The molecule has 4 fully saturated rings. The highest BCUT2D eigenvalue weighted by molar-refractivity contribution is 5.13. The van der Waals surface area contributed by atoms with Gasteiger partial charge in [0.1, 0.15) is 0 Å². The van der Waals surface area contributed by atoms with E-state index in [0.717, 1.165) is 47.3 Å². The van der Waals surface area contributed by atoms with Gasteiger partial charge in [-0.1, -0.05) is 54.0 Å². The monoisotopic (exact) mass is 356 g/mol. The van der Waals surface area contributed by atoms with E-state index >= 15 is 0 Å². The highest BCUT2D eigenvalue weighted by atomic mass is 14.7. The van der Waals surface area contributed by atoms with E-state index in [0.29, 0.717) is 16.7 Å². The summed E-state index contributed by atoms with van der Waals surface area (Å²) >= 11 is 0. The molecule has 11 atom stereocenters. The van der Waals surface area contributed by atoms with Crippen molar-refractivity contribution in [3.05, 3.63) is 12.7 Å². The van der Waals surface area contributed by atoms with Crippen LogP contribution in [0.5, 0.6) is 0 Å². The van der Waals surface area contributed by atoms with E-state index in [4.69, 9.17) is 0 Å². The third-order valence-corrected chi connectivity index (χ3v) is 10.9. The van der Waals surface area contributed by atoms with Crippen LogP contribution in [0.2, 0.25) is 0 Å². The molecule has 26 heavy (non-hydrogen) atoms. The number of hydrogen-bond acceptors (Lipinski definition) is 0. The summed E-state index contributed by atoms with van der Waals surface area (Å²) in [6, 6.07) is 0. The van der Waals surface area contributed by atoms with Crippen molar-refractivity contribution in [2.24, 2.45) is 64.1 Å². The number of fused-ring (bicyclic) bond motifs is 5. The van der Waals surface area contributed by atoms with Crippen molar-refractivity contribution >= 4 is 0 Å². The third-order valence-electron chi connectivity index (χ3n) is 10.9. The Morgan fingerprint density at radius 3 is 2.38 bits per heavy atom. The van der Waals surface area contributed by atoms with Crippen LogP contribution in [-0.4, -0.2) is 0 Å². The van der Waals surface area contributed by atoms with Crippen molar-refractivity contribution in [1.29, 1.82) is 0 Å². The maximum Gasteiger partial charge on any atom is -0.0231 e. The smallest absolute Gasteiger partial charge is 0.0231 e. The van der Waals surface area contributed by atoms with E-state index in [1.54, 1.807) is 0 Å². The quantitative estimate of drug-likeness (QED) is 0.447. The van der Waals surface area contributed by atoms with Crippen LogP contribution >= 0.6 is 0 Å². The fourth-order valence-electron chi connectivity index (χ4n) is 9.26. The molecule has 0 unspecified atom stereocenters. The maximum atomic E-state index is 4.17. The van der Waals surface area contributed by atoms with Gasteiger partial charge in [0.05, 0.1) is 0 Å². The van der Waals surface area contributed by atoms with Gasteiger partial charge >= 0.3 is 0 Å². The lowest BCUT2D eigenvalue weighted by molar-refractivity contribution is -0.161. The fourth-order valence-corrected chi connectivity index (χ4v) is 9.26. The van der Waals surface area contributed by atoms with Gasteiger partial charge in [0.2, 0.25) is 0 Å². The zero-order valence-electron chi connectivity index (χ0n) is 18.4. The van der Waals surface area contributed by atoms with E-state index in [1.807, 2.05) is 0 Å². The molecule has 0 spiro atoms. The van der Waals surface area contributed by atoms with E-state index in [1.165, 1.54) is 44.9 Å². The van der Waals surface area contributed by atoms with Crippen LogP contribution in [0, 0.1) is 64.1 Å². The number of rotatable bonds is 2. The minimum atomic E-state index is 0.550. The first-order valence-electron chi connectivity index (χ1n) is 11.9. The molecule has 148 valence electrons. The Bertz CT molecular complexity index is 548. The molecule has 4 aliphatic rings. The largest absolute Gasteiger partial charge is 0.103 e. The molecule has 0 saturated heterocycles. The van der Waals surface area contributed by atoms with E-state index < -0.39 is 0 Å². The lowest BCUT2D eigenvalue weighted by Gasteiger charge is -2.65. The van der Waals surface area contributed by atoms with Gasteiger partial charge in [-0.2, -0.15) is 0 Å². The Morgan fingerprint density at radius 2 is 1.69 bits per heavy atom. The van der Waals surface area contributed by atoms with Gasteiger partial charge in [-0.05, 0) is 103 Å². The molecule has 0 radical (unpaired) electrons. The van der Waals surface area contributed by atoms with Crippen molar-refractivity contribution in [3.63, 3.8) is 0 Å². The first-order valence-corrected chi connectivity index (χ1v) is 11.9. The van der Waals surface area contributed by atoms with Crippen molar-refractivity contribution in [2.75, 3.05) is 0 Å². The van der Waals surface area contributed by atoms with Gasteiger partial charge in [0, 0.05) is 0 Å². The average molecular weight is 357 g/mol. The van der Waals surface area contributed by atoms with Crippen LogP contribution in [0.4, 0.5) is 0 Å². The maximum absolute atomic E-state index is 4.17. The molecule has 0 aromatic carbocycles. The first kappa shape index (κ1) is 19.1. The Balaban J connectivity index is 1.69. The lowest BCUT2D eigenvalue weighted by atomic mass is 9.40. The standard InChI is InChI=1S/C26H44/c1-8-17(3)21-9-10-22-24-18(4)14-20-13-16(2)11-12-25(20,6)23(24)15-19(5)26(21,22)7/h8,16-24H,1,9-15H2,2-7H3/t16-,17-,18-,19+,20+,21-,22+,23+,24+,25+,26-/m1/s1. The van der Waals surface area contributed by atoms with Gasteiger partial charge < -0.3 is 0 Å². The zero-order chi connectivity index (χ0) is 18.9. The Hall–Kier alpha value is -0.260. The lowest BCUT2D eigenvalue weighted by Crippen LogP contribution is -2.58. The molecule has 0 aromatic heterocycles. The van der Waals surface area contributed by atoms with Crippen LogP contribution in [0.25, 0.3) is 0 Å². The van der Waals surface area contributed by atoms with Crippen molar-refractivity contribution in [2.45, 2.75) is 86.5 Å². The molecule has 0 bridgehead atoms. The van der Waals surface area contributed by atoms with Gasteiger partial charge in [0.25, 0.3) is 0 Å². The van der Waals surface area contributed by atoms with Gasteiger partial charge in [-0.3, -0.25) is 0 Å². The molecule has 0 heterocycles. The van der Waals surface area contributed by atoms with Crippen LogP contribution in [0.1, 0.15) is 86.5 Å². The average Bonchev–Trinajstić information content (AvgIpc) is 2.95. The van der Waals surface area contributed by atoms with Crippen molar-refractivity contribution in [1.82, 2.24) is 0 Å². The molecule has 0 amide bonds. The summed E-state index contributed by atoms with van der Waals surface area (Å²) < 4.78 is 0. The highest BCUT2D eigenvalue weighted by Crippen LogP contribution is 2.71. The summed E-state index contributed by atoms with van der Waals surface area (Å²) in [4.78, 5) is 0. The van der Waals surface area contributed by atoms with Crippen LogP contribution in [0.3, 0.4) is 0 Å². The minimum absolute atomic E-state index is 0.550. The molecule has 4 aliphatic carbocycles. The summed E-state index contributed by atoms with van der Waals surface area (Å²) in [6.45, 7) is 19.8. The molecule has 0 N–H and O–H groups in total. The normalized spacial score (nSPS) is 57.6. The SMILES string of the molecule is C=C[C@@H](C)[C@H]1CC[C@H]2[C@@H]3[C@H](C)C[C@@H]4C[C@H](C)CC[C@]4(C)[C@H]3C[C@H](C)[C@]12C. The van der Waals surface area contributed by atoms with Crippen molar-refractivity contribution in [3.8, 4) is 0 Å².